The van der Waals surface area contributed by atoms with Crippen molar-refractivity contribution >= 4 is 23.2 Å². The molecule has 86 valence electrons. The lowest BCUT2D eigenvalue weighted by Gasteiger charge is -2.10. The fourth-order valence-corrected chi connectivity index (χ4v) is 1.89. The molecule has 0 aliphatic heterocycles. The molecule has 0 aromatic heterocycles. The molecule has 0 spiro atoms. The molecule has 0 saturated heterocycles. The van der Waals surface area contributed by atoms with E-state index in [4.69, 9.17) is 34.9 Å². The Morgan fingerprint density at radius 3 is 2.47 bits per heavy atom. The van der Waals surface area contributed by atoms with Crippen molar-refractivity contribution in [2.24, 2.45) is 0 Å². The third kappa shape index (κ3) is 3.15. The van der Waals surface area contributed by atoms with E-state index < -0.39 is 0 Å². The van der Waals surface area contributed by atoms with E-state index in [2.05, 4.69) is 0 Å². The Labute approximate surface area is 111 Å². The molecule has 2 rings (SSSR count). The third-order valence-electron chi connectivity index (χ3n) is 2.29. The summed E-state index contributed by atoms with van der Waals surface area (Å²) in [6.45, 7) is 6.23. The SMILES string of the molecule is [CH]c1c(Cl)cc(Cl)cc1OCc1ccccc1. The zero-order valence-electron chi connectivity index (χ0n) is 8.99. The Bertz CT molecular complexity index is 509. The second-order valence-corrected chi connectivity index (χ2v) is 4.42. The van der Waals surface area contributed by atoms with E-state index in [1.54, 1.807) is 12.1 Å². The second kappa shape index (κ2) is 5.44. The molecule has 0 N–H and O–H groups in total. The van der Waals surface area contributed by atoms with Crippen LogP contribution >= 0.6 is 23.2 Å². The van der Waals surface area contributed by atoms with Gasteiger partial charge in [-0.1, -0.05) is 53.5 Å². The molecule has 0 heterocycles. The van der Waals surface area contributed by atoms with Crippen molar-refractivity contribution in [3.05, 3.63) is 70.6 Å². The van der Waals surface area contributed by atoms with E-state index in [9.17, 15) is 0 Å². The van der Waals surface area contributed by atoms with E-state index >= 15 is 0 Å². The average molecular weight is 265 g/mol. The number of halogens is 2. The van der Waals surface area contributed by atoms with Crippen molar-refractivity contribution in [2.75, 3.05) is 0 Å². The Morgan fingerprint density at radius 2 is 1.76 bits per heavy atom. The van der Waals surface area contributed by atoms with Gasteiger partial charge in [-0.3, -0.25) is 0 Å². The van der Waals surface area contributed by atoms with Gasteiger partial charge in [0, 0.05) is 22.5 Å². The van der Waals surface area contributed by atoms with Gasteiger partial charge in [-0.25, -0.2) is 0 Å². The first-order chi connectivity index (χ1) is 8.16. The summed E-state index contributed by atoms with van der Waals surface area (Å²) in [5.74, 6) is 0.506. The molecular formula is C14H10Cl2O. The summed E-state index contributed by atoms with van der Waals surface area (Å²) >= 11 is 11.8. The zero-order valence-corrected chi connectivity index (χ0v) is 10.5. The summed E-state index contributed by atoms with van der Waals surface area (Å²) in [5.41, 5.74) is 1.47. The molecule has 0 aliphatic rings. The van der Waals surface area contributed by atoms with Crippen LogP contribution in [0.3, 0.4) is 0 Å². The quantitative estimate of drug-likeness (QED) is 0.786. The standard InChI is InChI=1S/C14H10Cl2O/c1-10-13(16)7-12(15)8-14(10)17-9-11-5-3-2-4-6-11/h1-8H,9H2. The molecule has 2 aromatic carbocycles. The molecule has 1 nitrogen and oxygen atoms in total. The predicted octanol–water partition coefficient (Wildman–Crippen LogP) is 4.63. The van der Waals surface area contributed by atoms with Crippen LogP contribution in [0, 0.1) is 6.92 Å². The smallest absolute Gasteiger partial charge is 0.126 e. The highest BCUT2D eigenvalue weighted by atomic mass is 35.5. The van der Waals surface area contributed by atoms with Crippen LogP contribution in [0.1, 0.15) is 11.1 Å². The topological polar surface area (TPSA) is 9.23 Å². The van der Waals surface area contributed by atoms with E-state index in [0.29, 0.717) is 28.0 Å². The molecule has 0 amide bonds. The van der Waals surface area contributed by atoms with Crippen molar-refractivity contribution < 1.29 is 4.74 Å². The van der Waals surface area contributed by atoms with Gasteiger partial charge < -0.3 is 4.74 Å². The van der Waals surface area contributed by atoms with Crippen LogP contribution in [0.4, 0.5) is 0 Å². The van der Waals surface area contributed by atoms with Gasteiger partial charge in [0.25, 0.3) is 0 Å². The molecule has 0 atom stereocenters. The fourth-order valence-electron chi connectivity index (χ4n) is 1.42. The van der Waals surface area contributed by atoms with Crippen LogP contribution in [-0.2, 0) is 6.61 Å². The van der Waals surface area contributed by atoms with Crippen LogP contribution in [0.5, 0.6) is 5.75 Å². The van der Waals surface area contributed by atoms with Crippen molar-refractivity contribution in [1.82, 2.24) is 0 Å². The highest BCUT2D eigenvalue weighted by molar-refractivity contribution is 6.35. The zero-order chi connectivity index (χ0) is 12.3. The molecule has 0 fully saturated rings. The summed E-state index contributed by atoms with van der Waals surface area (Å²) in [6.07, 6.45) is 0. The van der Waals surface area contributed by atoms with E-state index in [1.165, 1.54) is 0 Å². The lowest BCUT2D eigenvalue weighted by atomic mass is 10.2. The second-order valence-electron chi connectivity index (χ2n) is 3.57. The van der Waals surface area contributed by atoms with Crippen LogP contribution in [0.2, 0.25) is 10.0 Å². The van der Waals surface area contributed by atoms with Crippen molar-refractivity contribution in [2.45, 2.75) is 6.61 Å². The maximum absolute atomic E-state index is 5.91. The van der Waals surface area contributed by atoms with E-state index in [1.807, 2.05) is 30.3 Å². The minimum absolute atomic E-state index is 0.403. The van der Waals surface area contributed by atoms with Gasteiger partial charge >= 0.3 is 0 Å². The first-order valence-electron chi connectivity index (χ1n) is 5.08. The monoisotopic (exact) mass is 264 g/mol. The average Bonchev–Trinajstić information content (AvgIpc) is 2.33. The first kappa shape index (κ1) is 12.3. The fraction of sp³-hybridized carbons (Fsp3) is 0.0714. The number of rotatable bonds is 3. The Balaban J connectivity index is 2.14. The van der Waals surface area contributed by atoms with Crippen molar-refractivity contribution in [3.63, 3.8) is 0 Å². The number of benzene rings is 2. The largest absolute Gasteiger partial charge is 0.489 e. The summed E-state index contributed by atoms with van der Waals surface area (Å²) in [5, 5.41) is 0.910. The lowest BCUT2D eigenvalue weighted by molar-refractivity contribution is 0.305. The molecule has 3 heteroatoms. The molecule has 0 unspecified atom stereocenters. The summed E-state index contributed by atoms with van der Waals surface area (Å²) in [4.78, 5) is 0. The molecular weight excluding hydrogens is 255 g/mol. The van der Waals surface area contributed by atoms with E-state index in [0.717, 1.165) is 5.56 Å². The molecule has 2 aromatic rings. The Morgan fingerprint density at radius 1 is 1.06 bits per heavy atom. The van der Waals surface area contributed by atoms with Crippen molar-refractivity contribution in [3.8, 4) is 5.75 Å². The molecule has 0 bridgehead atoms. The van der Waals surface area contributed by atoms with Gasteiger partial charge in [-0.15, -0.1) is 0 Å². The summed E-state index contributed by atoms with van der Waals surface area (Å²) < 4.78 is 5.59. The summed E-state index contributed by atoms with van der Waals surface area (Å²) in [6, 6.07) is 13.1. The highest BCUT2D eigenvalue weighted by Crippen LogP contribution is 2.30. The minimum Gasteiger partial charge on any atom is -0.489 e. The van der Waals surface area contributed by atoms with Crippen LogP contribution < -0.4 is 4.74 Å². The molecule has 17 heavy (non-hydrogen) atoms. The first-order valence-corrected chi connectivity index (χ1v) is 5.83. The van der Waals surface area contributed by atoms with Crippen molar-refractivity contribution in [1.29, 1.82) is 0 Å². The molecule has 2 radical (unpaired) electrons. The van der Waals surface area contributed by atoms with Gasteiger partial charge in [0.05, 0.1) is 0 Å². The Hall–Kier alpha value is -1.18. The van der Waals surface area contributed by atoms with Crippen LogP contribution in [-0.4, -0.2) is 0 Å². The number of ether oxygens (including phenoxy) is 1. The number of hydrogen-bond donors (Lipinski definition) is 0. The van der Waals surface area contributed by atoms with E-state index in [-0.39, 0.29) is 0 Å². The van der Waals surface area contributed by atoms with Crippen LogP contribution in [0.25, 0.3) is 0 Å². The maximum Gasteiger partial charge on any atom is 0.126 e. The molecule has 0 saturated carbocycles. The maximum atomic E-state index is 5.91. The van der Waals surface area contributed by atoms with Gasteiger partial charge in [-0.05, 0) is 17.7 Å². The summed E-state index contributed by atoms with van der Waals surface area (Å²) in [7, 11) is 0. The van der Waals surface area contributed by atoms with Gasteiger partial charge in [0.1, 0.15) is 12.4 Å². The van der Waals surface area contributed by atoms with Gasteiger partial charge in [0.15, 0.2) is 0 Å². The minimum atomic E-state index is 0.403. The lowest BCUT2D eigenvalue weighted by Crippen LogP contribution is -1.97. The highest BCUT2D eigenvalue weighted by Gasteiger charge is 2.06. The number of hydrogen-bond acceptors (Lipinski definition) is 1. The van der Waals surface area contributed by atoms with Gasteiger partial charge in [-0.2, -0.15) is 0 Å². The van der Waals surface area contributed by atoms with Gasteiger partial charge in [0.2, 0.25) is 0 Å². The Kier molecular flexibility index (Phi) is 3.93. The predicted molar refractivity (Wildman–Crippen MR) is 70.6 cm³/mol. The molecule has 0 aliphatic carbocycles. The third-order valence-corrected chi connectivity index (χ3v) is 2.82. The normalized spacial score (nSPS) is 10.3. The van der Waals surface area contributed by atoms with Crippen LogP contribution in [0.15, 0.2) is 42.5 Å².